The van der Waals surface area contributed by atoms with Gasteiger partial charge in [-0.2, -0.15) is 5.26 Å². The van der Waals surface area contributed by atoms with Gasteiger partial charge in [-0.1, -0.05) is 0 Å². The molecule has 0 heterocycles. The number of nitroso groups, excluding NO2 is 1. The Balaban J connectivity index is 3.22. The summed E-state index contributed by atoms with van der Waals surface area (Å²) in [5, 5.41) is 11.3. The Morgan fingerprint density at radius 1 is 1.36 bits per heavy atom. The number of nitriles is 1. The van der Waals surface area contributed by atoms with Crippen LogP contribution in [0, 0.1) is 30.1 Å². The topological polar surface area (TPSA) is 53.2 Å². The number of nitrogens with zero attached hydrogens (tertiary/aromatic N) is 2. The van der Waals surface area contributed by atoms with E-state index in [2.05, 4.69) is 5.18 Å². The van der Waals surface area contributed by atoms with Gasteiger partial charge < -0.3 is 0 Å². The Kier molecular flexibility index (Phi) is 3.14. The van der Waals surface area contributed by atoms with Crippen molar-refractivity contribution >= 4 is 11.8 Å². The Morgan fingerprint density at radius 3 is 2.36 bits per heavy atom. The highest BCUT2D eigenvalue weighted by Gasteiger charge is 2.03. The monoisotopic (exact) mass is 186 g/mol. The summed E-state index contributed by atoms with van der Waals surface area (Å²) in [4.78, 5) is 10.5. The van der Waals surface area contributed by atoms with E-state index in [9.17, 15) is 4.91 Å². The van der Waals surface area contributed by atoms with Gasteiger partial charge in [0.2, 0.25) is 0 Å². The molecule has 14 heavy (non-hydrogen) atoms. The average molecular weight is 186 g/mol. The first-order chi connectivity index (χ1) is 6.69. The van der Waals surface area contributed by atoms with Crippen LogP contribution in [0.5, 0.6) is 0 Å². The zero-order chi connectivity index (χ0) is 10.6. The average Bonchev–Trinajstić information content (AvgIpc) is 2.14. The summed E-state index contributed by atoms with van der Waals surface area (Å²) < 4.78 is 0. The lowest BCUT2D eigenvalue weighted by molar-refractivity contribution is 1.31. The zero-order valence-corrected chi connectivity index (χ0v) is 8.11. The van der Waals surface area contributed by atoms with E-state index >= 15 is 0 Å². The van der Waals surface area contributed by atoms with Crippen molar-refractivity contribution in [1.82, 2.24) is 0 Å². The van der Waals surface area contributed by atoms with Gasteiger partial charge in [-0.25, -0.2) is 0 Å². The van der Waals surface area contributed by atoms with Crippen LogP contribution in [0.3, 0.4) is 0 Å². The summed E-state index contributed by atoms with van der Waals surface area (Å²) in [6.07, 6.45) is 3.11. The van der Waals surface area contributed by atoms with E-state index in [4.69, 9.17) is 5.26 Å². The van der Waals surface area contributed by atoms with E-state index in [0.29, 0.717) is 5.69 Å². The van der Waals surface area contributed by atoms with Crippen LogP contribution in [0.1, 0.15) is 16.7 Å². The van der Waals surface area contributed by atoms with Crippen LogP contribution in [-0.4, -0.2) is 0 Å². The Morgan fingerprint density at radius 2 is 1.93 bits per heavy atom. The van der Waals surface area contributed by atoms with Crippen LogP contribution in [0.2, 0.25) is 0 Å². The number of benzene rings is 1. The number of allylic oxidation sites excluding steroid dienone is 1. The predicted molar refractivity (Wildman–Crippen MR) is 56.0 cm³/mol. The van der Waals surface area contributed by atoms with Gasteiger partial charge in [0.05, 0.1) is 6.07 Å². The lowest BCUT2D eigenvalue weighted by Crippen LogP contribution is -1.82. The molecule has 3 nitrogen and oxygen atoms in total. The van der Waals surface area contributed by atoms with Crippen LogP contribution >= 0.6 is 0 Å². The summed E-state index contributed by atoms with van der Waals surface area (Å²) in [6, 6.07) is 5.58. The first-order valence-corrected chi connectivity index (χ1v) is 4.20. The summed E-state index contributed by atoms with van der Waals surface area (Å²) >= 11 is 0. The molecule has 0 bridgehead atoms. The molecule has 0 saturated carbocycles. The van der Waals surface area contributed by atoms with Crippen molar-refractivity contribution in [1.29, 1.82) is 5.26 Å². The molecule has 0 radical (unpaired) electrons. The molecule has 0 aliphatic rings. The first kappa shape index (κ1) is 10.1. The van der Waals surface area contributed by atoms with E-state index in [-0.39, 0.29) is 0 Å². The zero-order valence-electron chi connectivity index (χ0n) is 8.11. The Bertz CT molecular complexity index is 404. The van der Waals surface area contributed by atoms with Crippen molar-refractivity contribution in [2.75, 3.05) is 0 Å². The van der Waals surface area contributed by atoms with Crippen molar-refractivity contribution in [3.8, 4) is 6.07 Å². The van der Waals surface area contributed by atoms with Crippen molar-refractivity contribution < 1.29 is 0 Å². The maximum Gasteiger partial charge on any atom is 0.113 e. The van der Waals surface area contributed by atoms with E-state index in [1.165, 1.54) is 6.08 Å². The molecule has 1 rings (SSSR count). The maximum absolute atomic E-state index is 10.5. The third-order valence-electron chi connectivity index (χ3n) is 1.95. The molecule has 1 aromatic carbocycles. The van der Waals surface area contributed by atoms with Gasteiger partial charge >= 0.3 is 0 Å². The van der Waals surface area contributed by atoms with Crippen LogP contribution in [0.15, 0.2) is 23.4 Å². The summed E-state index contributed by atoms with van der Waals surface area (Å²) in [5.74, 6) is 0. The Labute approximate surface area is 82.7 Å². The van der Waals surface area contributed by atoms with Gasteiger partial charge in [0.15, 0.2) is 0 Å². The molecule has 0 amide bonds. The second-order valence-electron chi connectivity index (χ2n) is 3.06. The molecule has 3 heteroatoms. The second-order valence-corrected chi connectivity index (χ2v) is 3.06. The standard InChI is InChI=1S/C11H10N2O/c1-8-6-10(4-3-5-12)7-9(2)11(8)13-14/h3-4,6-7H,1-2H3/b4-3-. The molecule has 1 aromatic rings. The third kappa shape index (κ3) is 2.05. The minimum atomic E-state index is 0.485. The van der Waals surface area contributed by atoms with Gasteiger partial charge in [-0.3, -0.25) is 0 Å². The first-order valence-electron chi connectivity index (χ1n) is 4.20. The quantitative estimate of drug-likeness (QED) is 0.525. The fraction of sp³-hybridized carbons (Fsp3) is 0.182. The van der Waals surface area contributed by atoms with Crippen molar-refractivity contribution in [3.05, 3.63) is 39.8 Å². The van der Waals surface area contributed by atoms with Crippen LogP contribution in [-0.2, 0) is 0 Å². The summed E-state index contributed by atoms with van der Waals surface area (Å²) in [5.41, 5.74) is 3.06. The molecule has 0 unspecified atom stereocenters. The highest BCUT2D eigenvalue weighted by atomic mass is 16.3. The fourth-order valence-corrected chi connectivity index (χ4v) is 1.36. The number of rotatable bonds is 2. The summed E-state index contributed by atoms with van der Waals surface area (Å²) in [7, 11) is 0. The minimum Gasteiger partial charge on any atom is -0.193 e. The van der Waals surface area contributed by atoms with Gasteiger partial charge in [-0.15, -0.1) is 4.91 Å². The van der Waals surface area contributed by atoms with Gasteiger partial charge in [-0.05, 0) is 53.9 Å². The SMILES string of the molecule is Cc1cc(/C=C\C#N)cc(C)c1N=O. The van der Waals surface area contributed by atoms with E-state index in [0.717, 1.165) is 16.7 Å². The van der Waals surface area contributed by atoms with E-state index in [1.807, 2.05) is 32.0 Å². The lowest BCUT2D eigenvalue weighted by Gasteiger charge is -2.03. The molecular weight excluding hydrogens is 176 g/mol. The third-order valence-corrected chi connectivity index (χ3v) is 1.95. The second kappa shape index (κ2) is 4.33. The smallest absolute Gasteiger partial charge is 0.113 e. The van der Waals surface area contributed by atoms with Crippen LogP contribution in [0.4, 0.5) is 5.69 Å². The fourth-order valence-electron chi connectivity index (χ4n) is 1.36. The number of hydrogen-bond donors (Lipinski definition) is 0. The van der Waals surface area contributed by atoms with Crippen molar-refractivity contribution in [3.63, 3.8) is 0 Å². The molecule has 0 fully saturated rings. The molecule has 0 atom stereocenters. The van der Waals surface area contributed by atoms with Crippen molar-refractivity contribution in [2.24, 2.45) is 5.18 Å². The molecule has 70 valence electrons. The molecule has 0 N–H and O–H groups in total. The predicted octanol–water partition coefficient (Wildman–Crippen LogP) is 3.24. The van der Waals surface area contributed by atoms with Crippen LogP contribution in [0.25, 0.3) is 6.08 Å². The normalized spacial score (nSPS) is 10.1. The molecule has 0 aliphatic heterocycles. The van der Waals surface area contributed by atoms with Gasteiger partial charge in [0, 0.05) is 6.08 Å². The van der Waals surface area contributed by atoms with Gasteiger partial charge in [0.25, 0.3) is 0 Å². The van der Waals surface area contributed by atoms with E-state index < -0.39 is 0 Å². The highest BCUT2D eigenvalue weighted by Crippen LogP contribution is 2.25. The van der Waals surface area contributed by atoms with E-state index in [1.54, 1.807) is 6.08 Å². The largest absolute Gasteiger partial charge is 0.193 e. The van der Waals surface area contributed by atoms with Gasteiger partial charge in [0.1, 0.15) is 5.69 Å². The highest BCUT2D eigenvalue weighted by molar-refractivity contribution is 5.61. The van der Waals surface area contributed by atoms with Crippen molar-refractivity contribution in [2.45, 2.75) is 13.8 Å². The molecule has 0 spiro atoms. The molecular formula is C11H10N2O. The number of aryl methyl sites for hydroxylation is 2. The lowest BCUT2D eigenvalue weighted by atomic mass is 10.0. The molecule has 0 aliphatic carbocycles. The maximum atomic E-state index is 10.5. The Hall–Kier alpha value is -1.95. The number of hydrogen-bond acceptors (Lipinski definition) is 3. The summed E-state index contributed by atoms with van der Waals surface area (Å²) in [6.45, 7) is 3.65. The van der Waals surface area contributed by atoms with Crippen LogP contribution < -0.4 is 0 Å². The minimum absolute atomic E-state index is 0.485. The molecule has 0 aromatic heterocycles. The molecule has 0 saturated heterocycles.